The van der Waals surface area contributed by atoms with Crippen LogP contribution in [0.4, 0.5) is 0 Å². The molecule has 1 aromatic carbocycles. The second-order valence-electron chi connectivity index (χ2n) is 5.25. The Hall–Kier alpha value is -0.820. The van der Waals surface area contributed by atoms with Gasteiger partial charge in [-0.3, -0.25) is 0 Å². The predicted octanol–water partition coefficient (Wildman–Crippen LogP) is 3.33. The summed E-state index contributed by atoms with van der Waals surface area (Å²) in [5.41, 5.74) is 0.502. The third-order valence-electron chi connectivity index (χ3n) is 3.49. The molecular formula is C14H20O. The maximum atomic E-state index is 10.7. The minimum absolute atomic E-state index is 0.585. The molecular weight excluding hydrogens is 184 g/mol. The monoisotopic (exact) mass is 204 g/mol. The smallest absolute Gasteiger partial charge is 0.0901 e. The highest BCUT2D eigenvalue weighted by Gasteiger charge is 2.37. The van der Waals surface area contributed by atoms with Gasteiger partial charge < -0.3 is 5.11 Å². The first-order chi connectivity index (χ1) is 7.10. The summed E-state index contributed by atoms with van der Waals surface area (Å²) >= 11 is 0. The van der Waals surface area contributed by atoms with Gasteiger partial charge in [0.05, 0.1) is 5.60 Å². The van der Waals surface area contributed by atoms with Gasteiger partial charge in [0, 0.05) is 0 Å². The minimum Gasteiger partial charge on any atom is -0.385 e. The van der Waals surface area contributed by atoms with Crippen LogP contribution in [0.5, 0.6) is 0 Å². The van der Waals surface area contributed by atoms with Crippen LogP contribution in [0.15, 0.2) is 30.3 Å². The summed E-state index contributed by atoms with van der Waals surface area (Å²) < 4.78 is 0. The van der Waals surface area contributed by atoms with Gasteiger partial charge in [-0.15, -0.1) is 0 Å². The lowest BCUT2D eigenvalue weighted by Gasteiger charge is -2.39. The van der Waals surface area contributed by atoms with Gasteiger partial charge in [0.2, 0.25) is 0 Å². The first-order valence-corrected chi connectivity index (χ1v) is 5.88. The van der Waals surface area contributed by atoms with E-state index >= 15 is 0 Å². The van der Waals surface area contributed by atoms with Crippen molar-refractivity contribution in [1.29, 1.82) is 0 Å². The van der Waals surface area contributed by atoms with Crippen molar-refractivity contribution in [3.63, 3.8) is 0 Å². The molecule has 1 heteroatoms. The van der Waals surface area contributed by atoms with Gasteiger partial charge in [0.25, 0.3) is 0 Å². The maximum Gasteiger partial charge on any atom is 0.0901 e. The van der Waals surface area contributed by atoms with Crippen LogP contribution in [0.1, 0.15) is 38.7 Å². The molecule has 2 rings (SSSR count). The van der Waals surface area contributed by atoms with Crippen LogP contribution in [0.2, 0.25) is 0 Å². The van der Waals surface area contributed by atoms with Crippen molar-refractivity contribution in [2.45, 2.75) is 38.7 Å². The first kappa shape index (κ1) is 10.7. The molecule has 2 atom stereocenters. The zero-order valence-corrected chi connectivity index (χ0v) is 9.61. The molecule has 0 aliphatic heterocycles. The highest BCUT2D eigenvalue weighted by molar-refractivity contribution is 5.23. The Labute approximate surface area is 92.1 Å². The maximum absolute atomic E-state index is 10.7. The van der Waals surface area contributed by atoms with Crippen molar-refractivity contribution < 1.29 is 5.11 Å². The van der Waals surface area contributed by atoms with E-state index in [0.29, 0.717) is 11.8 Å². The molecule has 0 heterocycles. The van der Waals surface area contributed by atoms with E-state index in [1.807, 2.05) is 30.3 Å². The molecule has 1 N–H and O–H groups in total. The Bertz CT molecular complexity index is 307. The van der Waals surface area contributed by atoms with Gasteiger partial charge in [-0.05, 0) is 36.7 Å². The highest BCUT2D eigenvalue weighted by atomic mass is 16.3. The topological polar surface area (TPSA) is 20.2 Å². The Balaban J connectivity index is 2.26. The molecule has 1 nitrogen and oxygen atoms in total. The van der Waals surface area contributed by atoms with Gasteiger partial charge in [-0.25, -0.2) is 0 Å². The van der Waals surface area contributed by atoms with Crippen molar-refractivity contribution in [2.75, 3.05) is 0 Å². The van der Waals surface area contributed by atoms with Crippen molar-refractivity contribution >= 4 is 0 Å². The molecule has 0 radical (unpaired) electrons. The van der Waals surface area contributed by atoms with Crippen molar-refractivity contribution in [1.82, 2.24) is 0 Å². The van der Waals surface area contributed by atoms with E-state index in [1.165, 1.54) is 6.42 Å². The zero-order valence-electron chi connectivity index (χ0n) is 9.61. The van der Waals surface area contributed by atoms with E-state index in [0.717, 1.165) is 18.4 Å². The second kappa shape index (κ2) is 3.97. The number of benzene rings is 1. The Morgan fingerprint density at radius 2 is 1.60 bits per heavy atom. The minimum atomic E-state index is -0.585. The van der Waals surface area contributed by atoms with Crippen LogP contribution in [0.3, 0.4) is 0 Å². The molecule has 1 saturated carbocycles. The molecule has 1 aliphatic rings. The third-order valence-corrected chi connectivity index (χ3v) is 3.49. The second-order valence-corrected chi connectivity index (χ2v) is 5.25. The van der Waals surface area contributed by atoms with Gasteiger partial charge in [-0.2, -0.15) is 0 Å². The van der Waals surface area contributed by atoms with Gasteiger partial charge in [-0.1, -0.05) is 44.2 Å². The molecule has 0 bridgehead atoms. The fraction of sp³-hybridized carbons (Fsp3) is 0.571. The summed E-state index contributed by atoms with van der Waals surface area (Å²) in [5, 5.41) is 10.7. The van der Waals surface area contributed by atoms with E-state index in [2.05, 4.69) is 13.8 Å². The van der Waals surface area contributed by atoms with Crippen LogP contribution in [0.25, 0.3) is 0 Å². The lowest BCUT2D eigenvalue weighted by molar-refractivity contribution is -0.0362. The predicted molar refractivity (Wildman–Crippen MR) is 62.5 cm³/mol. The molecule has 15 heavy (non-hydrogen) atoms. The summed E-state index contributed by atoms with van der Waals surface area (Å²) in [6.07, 6.45) is 3.05. The average Bonchev–Trinajstić information content (AvgIpc) is 2.17. The summed E-state index contributed by atoms with van der Waals surface area (Å²) in [6.45, 7) is 4.48. The van der Waals surface area contributed by atoms with Gasteiger partial charge >= 0.3 is 0 Å². The Morgan fingerprint density at radius 1 is 1.07 bits per heavy atom. The molecule has 1 aliphatic carbocycles. The fourth-order valence-electron chi connectivity index (χ4n) is 3.07. The molecule has 0 spiro atoms. The van der Waals surface area contributed by atoms with Crippen LogP contribution in [-0.2, 0) is 5.60 Å². The van der Waals surface area contributed by atoms with Gasteiger partial charge in [0.15, 0.2) is 0 Å². The molecule has 2 unspecified atom stereocenters. The average molecular weight is 204 g/mol. The highest BCUT2D eigenvalue weighted by Crippen LogP contribution is 2.42. The Kier molecular flexibility index (Phi) is 2.83. The first-order valence-electron chi connectivity index (χ1n) is 5.88. The summed E-state index contributed by atoms with van der Waals surface area (Å²) in [5.74, 6) is 1.25. The Morgan fingerprint density at radius 3 is 2.13 bits per heavy atom. The van der Waals surface area contributed by atoms with E-state index in [4.69, 9.17) is 0 Å². The van der Waals surface area contributed by atoms with E-state index in [-0.39, 0.29) is 0 Å². The lowest BCUT2D eigenvalue weighted by atomic mass is 9.71. The van der Waals surface area contributed by atoms with Crippen LogP contribution < -0.4 is 0 Å². The molecule has 0 aromatic heterocycles. The molecule has 1 aromatic rings. The summed E-state index contributed by atoms with van der Waals surface area (Å²) in [6, 6.07) is 10.1. The van der Waals surface area contributed by atoms with Crippen molar-refractivity contribution in [2.24, 2.45) is 11.8 Å². The quantitative estimate of drug-likeness (QED) is 0.744. The normalized spacial score (nSPS) is 36.5. The summed E-state index contributed by atoms with van der Waals surface area (Å²) in [7, 11) is 0. The molecule has 82 valence electrons. The van der Waals surface area contributed by atoms with Crippen LogP contribution >= 0.6 is 0 Å². The molecule has 0 amide bonds. The third kappa shape index (κ3) is 2.23. The van der Waals surface area contributed by atoms with Crippen molar-refractivity contribution in [3.05, 3.63) is 35.9 Å². The number of rotatable bonds is 1. The molecule has 0 saturated heterocycles. The fourth-order valence-corrected chi connectivity index (χ4v) is 3.07. The SMILES string of the molecule is CC1CC(C)CC(O)(c2ccccc2)C1. The van der Waals surface area contributed by atoms with Gasteiger partial charge in [0.1, 0.15) is 0 Å². The van der Waals surface area contributed by atoms with E-state index in [1.54, 1.807) is 0 Å². The number of aliphatic hydroxyl groups is 1. The van der Waals surface area contributed by atoms with E-state index in [9.17, 15) is 5.11 Å². The number of hydrogen-bond donors (Lipinski definition) is 1. The molecule has 1 fully saturated rings. The van der Waals surface area contributed by atoms with Crippen LogP contribution in [-0.4, -0.2) is 5.11 Å². The van der Waals surface area contributed by atoms with Crippen molar-refractivity contribution in [3.8, 4) is 0 Å². The lowest BCUT2D eigenvalue weighted by Crippen LogP contribution is -2.35. The van der Waals surface area contributed by atoms with Crippen LogP contribution in [0, 0.1) is 11.8 Å². The largest absolute Gasteiger partial charge is 0.385 e. The number of hydrogen-bond acceptors (Lipinski definition) is 1. The summed E-state index contributed by atoms with van der Waals surface area (Å²) in [4.78, 5) is 0. The van der Waals surface area contributed by atoms with E-state index < -0.39 is 5.60 Å². The zero-order chi connectivity index (χ0) is 10.9. The standard InChI is InChI=1S/C14H20O/c1-11-8-12(2)10-14(15,9-11)13-6-4-3-5-7-13/h3-7,11-12,15H,8-10H2,1-2H3.